The molecule has 1 N–H and O–H groups in total. The van der Waals surface area contributed by atoms with Crippen molar-refractivity contribution in [2.75, 3.05) is 4.90 Å². The Bertz CT molecular complexity index is 1140. The van der Waals surface area contributed by atoms with Crippen LogP contribution in [0.15, 0.2) is 84.4 Å². The third kappa shape index (κ3) is 3.97. The predicted molar refractivity (Wildman–Crippen MR) is 120 cm³/mol. The van der Waals surface area contributed by atoms with Crippen LogP contribution in [0, 0.1) is 0 Å². The number of benzene rings is 3. The van der Waals surface area contributed by atoms with Crippen LogP contribution in [0.2, 0.25) is 5.02 Å². The summed E-state index contributed by atoms with van der Waals surface area (Å²) in [4.78, 5) is 26.8. The molecule has 0 saturated carbocycles. The van der Waals surface area contributed by atoms with Crippen molar-refractivity contribution < 1.29 is 9.59 Å². The van der Waals surface area contributed by atoms with E-state index in [2.05, 4.69) is 5.32 Å². The summed E-state index contributed by atoms with van der Waals surface area (Å²) in [5.41, 5.74) is 3.34. The molecule has 0 atom stereocenters. The molecule has 0 unspecified atom stereocenters. The molecular formula is C23H15ClN2O2S. The highest BCUT2D eigenvalue weighted by Crippen LogP contribution is 2.25. The summed E-state index contributed by atoms with van der Waals surface area (Å²) in [5.74, 6) is -0.999. The van der Waals surface area contributed by atoms with Gasteiger partial charge in [-0.05, 0) is 65.3 Å². The lowest BCUT2D eigenvalue weighted by atomic mass is 10.0. The van der Waals surface area contributed by atoms with Crippen LogP contribution in [-0.4, -0.2) is 16.9 Å². The largest absolute Gasteiger partial charge is 0.298 e. The highest BCUT2D eigenvalue weighted by Gasteiger charge is 2.34. The molecule has 142 valence electrons. The molecule has 0 aromatic heterocycles. The minimum Gasteiger partial charge on any atom is -0.298 e. The van der Waals surface area contributed by atoms with E-state index >= 15 is 0 Å². The second kappa shape index (κ2) is 7.99. The first-order valence-corrected chi connectivity index (χ1v) is 9.64. The van der Waals surface area contributed by atoms with Crippen molar-refractivity contribution in [3.63, 3.8) is 0 Å². The Balaban J connectivity index is 1.71. The van der Waals surface area contributed by atoms with Gasteiger partial charge in [-0.3, -0.25) is 19.8 Å². The van der Waals surface area contributed by atoms with Gasteiger partial charge in [-0.1, -0.05) is 60.1 Å². The zero-order valence-electron chi connectivity index (χ0n) is 15.1. The Morgan fingerprint density at radius 2 is 1.55 bits per heavy atom. The first kappa shape index (κ1) is 19.1. The Hall–Kier alpha value is -3.28. The van der Waals surface area contributed by atoms with Gasteiger partial charge in [0.15, 0.2) is 5.11 Å². The number of rotatable bonds is 3. The van der Waals surface area contributed by atoms with Crippen molar-refractivity contribution in [2.24, 2.45) is 0 Å². The number of nitrogens with zero attached hydrogens (tertiary/aromatic N) is 1. The van der Waals surface area contributed by atoms with Gasteiger partial charge in [0.25, 0.3) is 11.8 Å². The molecule has 1 heterocycles. The molecule has 0 bridgehead atoms. The van der Waals surface area contributed by atoms with Gasteiger partial charge in [-0.25, -0.2) is 0 Å². The van der Waals surface area contributed by atoms with E-state index in [4.69, 9.17) is 23.8 Å². The molecule has 3 aromatic carbocycles. The molecule has 1 aliphatic heterocycles. The van der Waals surface area contributed by atoms with Crippen LogP contribution in [-0.2, 0) is 9.59 Å². The van der Waals surface area contributed by atoms with E-state index < -0.39 is 11.8 Å². The van der Waals surface area contributed by atoms with Crippen molar-refractivity contribution in [1.29, 1.82) is 0 Å². The van der Waals surface area contributed by atoms with Gasteiger partial charge in [-0.15, -0.1) is 0 Å². The van der Waals surface area contributed by atoms with E-state index in [0.717, 1.165) is 16.7 Å². The average molecular weight is 419 g/mol. The highest BCUT2D eigenvalue weighted by molar-refractivity contribution is 7.80. The molecule has 2 amide bonds. The van der Waals surface area contributed by atoms with Crippen molar-refractivity contribution >= 4 is 52.5 Å². The summed E-state index contributed by atoms with van der Waals surface area (Å²) in [6, 6.07) is 24.2. The molecule has 0 radical (unpaired) electrons. The number of hydrogen-bond donors (Lipinski definition) is 1. The summed E-state index contributed by atoms with van der Waals surface area (Å²) in [6.45, 7) is 0. The van der Waals surface area contributed by atoms with Crippen LogP contribution in [0.3, 0.4) is 0 Å². The topological polar surface area (TPSA) is 49.4 Å². The van der Waals surface area contributed by atoms with Crippen molar-refractivity contribution in [3.05, 3.63) is 95.0 Å². The molecule has 1 saturated heterocycles. The van der Waals surface area contributed by atoms with Crippen molar-refractivity contribution in [3.8, 4) is 11.1 Å². The minimum atomic E-state index is -0.518. The number of anilines is 1. The molecule has 29 heavy (non-hydrogen) atoms. The normalized spacial score (nSPS) is 15.6. The Labute approximate surface area is 178 Å². The number of nitrogens with one attached hydrogen (secondary N) is 1. The number of thiocarbonyl (C=S) groups is 1. The SMILES string of the molecule is O=C1NC(=S)N(c2ccc(Cl)cc2)C(=O)/C1=C\c1cccc(-c2ccccc2)c1. The highest BCUT2D eigenvalue weighted by atomic mass is 35.5. The monoisotopic (exact) mass is 418 g/mol. The van der Waals surface area contributed by atoms with E-state index in [0.29, 0.717) is 10.7 Å². The first-order chi connectivity index (χ1) is 14.0. The van der Waals surface area contributed by atoms with Crippen LogP contribution in [0.1, 0.15) is 5.56 Å². The van der Waals surface area contributed by atoms with Gasteiger partial charge in [0.1, 0.15) is 5.57 Å². The molecule has 4 rings (SSSR count). The van der Waals surface area contributed by atoms with E-state index in [1.165, 1.54) is 4.90 Å². The number of hydrogen-bond acceptors (Lipinski definition) is 3. The summed E-state index contributed by atoms with van der Waals surface area (Å²) < 4.78 is 0. The lowest BCUT2D eigenvalue weighted by Crippen LogP contribution is -2.54. The van der Waals surface area contributed by atoms with Crippen molar-refractivity contribution in [2.45, 2.75) is 0 Å². The zero-order chi connectivity index (χ0) is 20.4. The first-order valence-electron chi connectivity index (χ1n) is 8.85. The van der Waals surface area contributed by atoms with E-state index in [-0.39, 0.29) is 10.7 Å². The van der Waals surface area contributed by atoms with Crippen LogP contribution in [0.5, 0.6) is 0 Å². The molecular weight excluding hydrogens is 404 g/mol. The Kier molecular flexibility index (Phi) is 5.25. The predicted octanol–water partition coefficient (Wildman–Crippen LogP) is 4.84. The molecule has 6 heteroatoms. The second-order valence-corrected chi connectivity index (χ2v) is 7.25. The molecule has 4 nitrogen and oxygen atoms in total. The lowest BCUT2D eigenvalue weighted by Gasteiger charge is -2.29. The third-order valence-corrected chi connectivity index (χ3v) is 5.03. The maximum Gasteiger partial charge on any atom is 0.270 e. The quantitative estimate of drug-likeness (QED) is 0.376. The van der Waals surface area contributed by atoms with Gasteiger partial charge in [0.05, 0.1) is 5.69 Å². The van der Waals surface area contributed by atoms with E-state index in [1.54, 1.807) is 30.3 Å². The summed E-state index contributed by atoms with van der Waals surface area (Å²) in [5, 5.41) is 3.17. The van der Waals surface area contributed by atoms with Crippen LogP contribution >= 0.6 is 23.8 Å². The van der Waals surface area contributed by atoms with Gasteiger partial charge in [-0.2, -0.15) is 0 Å². The molecule has 0 aliphatic carbocycles. The van der Waals surface area contributed by atoms with Gasteiger partial charge in [0.2, 0.25) is 0 Å². The van der Waals surface area contributed by atoms with Crippen LogP contribution < -0.4 is 10.2 Å². The number of halogens is 1. The summed E-state index contributed by atoms with van der Waals surface area (Å²) in [7, 11) is 0. The fourth-order valence-electron chi connectivity index (χ4n) is 3.09. The summed E-state index contributed by atoms with van der Waals surface area (Å²) >= 11 is 11.1. The second-order valence-electron chi connectivity index (χ2n) is 6.43. The standard InChI is InChI=1S/C23H15ClN2O2S/c24-18-9-11-19(12-10-18)26-22(28)20(21(27)25-23(26)29)14-15-5-4-8-17(13-15)16-6-2-1-3-7-16/h1-14H,(H,25,27,29)/b20-14-. The average Bonchev–Trinajstić information content (AvgIpc) is 2.73. The Morgan fingerprint density at radius 3 is 2.28 bits per heavy atom. The molecule has 1 fully saturated rings. The fourth-order valence-corrected chi connectivity index (χ4v) is 3.49. The maximum absolute atomic E-state index is 13.1. The fraction of sp³-hybridized carbons (Fsp3) is 0. The zero-order valence-corrected chi connectivity index (χ0v) is 16.7. The lowest BCUT2D eigenvalue weighted by molar-refractivity contribution is -0.122. The van der Waals surface area contributed by atoms with Gasteiger partial charge < -0.3 is 0 Å². The maximum atomic E-state index is 13.1. The third-order valence-electron chi connectivity index (χ3n) is 4.49. The number of amides is 2. The minimum absolute atomic E-state index is 0.0127. The smallest absolute Gasteiger partial charge is 0.270 e. The molecule has 3 aromatic rings. The van der Waals surface area contributed by atoms with E-state index in [9.17, 15) is 9.59 Å². The summed E-state index contributed by atoms with van der Waals surface area (Å²) in [6.07, 6.45) is 1.58. The van der Waals surface area contributed by atoms with Crippen LogP contribution in [0.4, 0.5) is 5.69 Å². The Morgan fingerprint density at radius 1 is 0.862 bits per heavy atom. The van der Waals surface area contributed by atoms with Crippen LogP contribution in [0.25, 0.3) is 17.2 Å². The molecule has 1 aliphatic rings. The number of carbonyl (C=O) groups excluding carboxylic acids is 2. The van der Waals surface area contributed by atoms with Gasteiger partial charge in [0, 0.05) is 5.02 Å². The number of carbonyl (C=O) groups is 2. The van der Waals surface area contributed by atoms with Gasteiger partial charge >= 0.3 is 0 Å². The van der Waals surface area contributed by atoms with E-state index in [1.807, 2.05) is 54.6 Å². The van der Waals surface area contributed by atoms with Crippen molar-refractivity contribution in [1.82, 2.24) is 5.32 Å². The molecule has 0 spiro atoms.